The maximum absolute atomic E-state index is 13.0. The summed E-state index contributed by atoms with van der Waals surface area (Å²) in [5, 5.41) is 4.21. The van der Waals surface area contributed by atoms with Crippen LogP contribution in [0.4, 0.5) is 5.69 Å². The van der Waals surface area contributed by atoms with Gasteiger partial charge in [-0.05, 0) is 61.6 Å². The van der Waals surface area contributed by atoms with Crippen LogP contribution in [0, 0.1) is 18.8 Å². The Labute approximate surface area is 195 Å². The number of aryl methyl sites for hydroxylation is 1. The van der Waals surface area contributed by atoms with Crippen molar-refractivity contribution in [2.24, 2.45) is 11.8 Å². The highest BCUT2D eigenvalue weighted by Crippen LogP contribution is 2.32. The molecule has 2 aromatic rings. The Kier molecular flexibility index (Phi) is 6.79. The van der Waals surface area contributed by atoms with Gasteiger partial charge in [-0.25, -0.2) is 8.42 Å². The minimum atomic E-state index is -3.44. The van der Waals surface area contributed by atoms with Crippen molar-refractivity contribution in [3.63, 3.8) is 0 Å². The van der Waals surface area contributed by atoms with Crippen LogP contribution >= 0.6 is 11.6 Å². The first kappa shape index (κ1) is 23.1. The molecule has 1 amide bonds. The first-order valence-electron chi connectivity index (χ1n) is 11.0. The third kappa shape index (κ3) is 5.11. The first-order valence-corrected chi connectivity index (χ1v) is 13.3. The molecule has 2 aliphatic rings. The van der Waals surface area contributed by atoms with Gasteiger partial charge in [0.2, 0.25) is 0 Å². The Bertz CT molecular complexity index is 1090. The summed E-state index contributed by atoms with van der Waals surface area (Å²) in [6.45, 7) is 7.26. The molecule has 6 nitrogen and oxygen atoms in total. The number of likely N-dealkylation sites (tertiary alicyclic amines) is 2. The average Bonchev–Trinajstić information content (AvgIpc) is 3.31. The second-order valence-electron chi connectivity index (χ2n) is 9.00. The van der Waals surface area contributed by atoms with Gasteiger partial charge in [0.1, 0.15) is 0 Å². The normalized spacial score (nSPS) is 21.0. The van der Waals surface area contributed by atoms with E-state index in [9.17, 15) is 13.2 Å². The molecule has 0 aliphatic carbocycles. The van der Waals surface area contributed by atoms with E-state index in [1.165, 1.54) is 6.07 Å². The van der Waals surface area contributed by atoms with E-state index < -0.39 is 9.84 Å². The smallest absolute Gasteiger partial charge is 0.255 e. The number of nitrogens with one attached hydrogen (secondary N) is 1. The molecule has 32 heavy (non-hydrogen) atoms. The zero-order chi connectivity index (χ0) is 22.9. The molecule has 8 heteroatoms. The quantitative estimate of drug-likeness (QED) is 0.620. The zero-order valence-corrected chi connectivity index (χ0v) is 20.1. The molecule has 0 spiro atoms. The van der Waals surface area contributed by atoms with Crippen LogP contribution in [-0.2, 0) is 9.84 Å². The number of hydrogen-bond acceptors (Lipinski definition) is 5. The van der Waals surface area contributed by atoms with Crippen molar-refractivity contribution in [1.82, 2.24) is 9.80 Å². The fraction of sp³-hybridized carbons (Fsp3) is 0.458. The van der Waals surface area contributed by atoms with Crippen LogP contribution in [0.25, 0.3) is 0 Å². The summed E-state index contributed by atoms with van der Waals surface area (Å²) < 4.78 is 24.1. The summed E-state index contributed by atoms with van der Waals surface area (Å²) >= 11 is 6.18. The minimum Gasteiger partial charge on any atom is -0.385 e. The standard InChI is InChI=1S/C24H30ClN3O3S/c1-17-8-9-20(12-22(17)25)26-10-5-11-27-13-18-15-28(16-19(18)14-27)24(29)21-6-3-4-7-23(21)32(2,30)31/h3-4,6-9,12,18-19,26H,5,10-11,13-16H2,1-2H3. The Morgan fingerprint density at radius 1 is 1.09 bits per heavy atom. The number of amides is 1. The molecular weight excluding hydrogens is 446 g/mol. The van der Waals surface area contributed by atoms with Crippen LogP contribution in [-0.4, -0.2) is 69.6 Å². The maximum Gasteiger partial charge on any atom is 0.255 e. The van der Waals surface area contributed by atoms with Gasteiger partial charge in [-0.2, -0.15) is 0 Å². The van der Waals surface area contributed by atoms with E-state index in [2.05, 4.69) is 16.3 Å². The number of anilines is 1. The summed E-state index contributed by atoms with van der Waals surface area (Å²) in [5.74, 6) is 0.731. The van der Waals surface area contributed by atoms with Gasteiger partial charge in [0.15, 0.2) is 9.84 Å². The second kappa shape index (κ2) is 9.41. The summed E-state index contributed by atoms with van der Waals surface area (Å²) in [6.07, 6.45) is 2.19. The number of fused-ring (bicyclic) bond motifs is 1. The van der Waals surface area contributed by atoms with Gasteiger partial charge < -0.3 is 15.1 Å². The number of carbonyl (C=O) groups excluding carboxylic acids is 1. The van der Waals surface area contributed by atoms with Crippen LogP contribution < -0.4 is 5.32 Å². The number of nitrogens with zero attached hydrogens (tertiary/aromatic N) is 2. The van der Waals surface area contributed by atoms with Crippen molar-refractivity contribution in [2.75, 3.05) is 50.8 Å². The number of halogens is 1. The van der Waals surface area contributed by atoms with Crippen LogP contribution in [0.15, 0.2) is 47.4 Å². The molecule has 2 unspecified atom stereocenters. The van der Waals surface area contributed by atoms with Gasteiger partial charge in [0.25, 0.3) is 5.91 Å². The molecule has 2 aliphatic heterocycles. The van der Waals surface area contributed by atoms with Crippen molar-refractivity contribution in [3.8, 4) is 0 Å². The zero-order valence-electron chi connectivity index (χ0n) is 18.6. The Balaban J connectivity index is 1.26. The number of hydrogen-bond donors (Lipinski definition) is 1. The van der Waals surface area contributed by atoms with Gasteiger partial charge in [0.05, 0.1) is 10.5 Å². The van der Waals surface area contributed by atoms with Crippen molar-refractivity contribution in [2.45, 2.75) is 18.2 Å². The first-order chi connectivity index (χ1) is 15.2. The topological polar surface area (TPSA) is 69.7 Å². The minimum absolute atomic E-state index is 0.117. The fourth-order valence-electron chi connectivity index (χ4n) is 4.81. The summed E-state index contributed by atoms with van der Waals surface area (Å²) in [5.41, 5.74) is 2.41. The van der Waals surface area contributed by atoms with E-state index >= 15 is 0 Å². The van der Waals surface area contributed by atoms with E-state index in [-0.39, 0.29) is 16.4 Å². The molecule has 1 N–H and O–H groups in total. The van der Waals surface area contributed by atoms with Gasteiger partial charge in [0, 0.05) is 49.7 Å². The number of sulfone groups is 1. The number of benzene rings is 2. The van der Waals surface area contributed by atoms with Crippen LogP contribution in [0.5, 0.6) is 0 Å². The van der Waals surface area contributed by atoms with Crippen LogP contribution in [0.3, 0.4) is 0 Å². The molecule has 0 bridgehead atoms. The predicted molar refractivity (Wildman–Crippen MR) is 128 cm³/mol. The van der Waals surface area contributed by atoms with Crippen molar-refractivity contribution in [1.29, 1.82) is 0 Å². The molecule has 2 atom stereocenters. The monoisotopic (exact) mass is 475 g/mol. The van der Waals surface area contributed by atoms with Gasteiger partial charge in [-0.15, -0.1) is 0 Å². The van der Waals surface area contributed by atoms with Crippen molar-refractivity contribution >= 4 is 33.0 Å². The Hall–Kier alpha value is -2.09. The Morgan fingerprint density at radius 2 is 1.78 bits per heavy atom. The molecule has 2 aromatic carbocycles. The molecular formula is C24H30ClN3O3S. The third-order valence-corrected chi connectivity index (χ3v) is 8.08. The van der Waals surface area contributed by atoms with E-state index in [0.29, 0.717) is 24.9 Å². The summed E-state index contributed by atoms with van der Waals surface area (Å²) in [4.78, 5) is 17.5. The van der Waals surface area contributed by atoms with Crippen molar-refractivity contribution in [3.05, 3.63) is 58.6 Å². The largest absolute Gasteiger partial charge is 0.385 e. The molecule has 2 heterocycles. The second-order valence-corrected chi connectivity index (χ2v) is 11.4. The number of rotatable bonds is 7. The molecule has 4 rings (SSSR count). The lowest BCUT2D eigenvalue weighted by Gasteiger charge is -2.22. The van der Waals surface area contributed by atoms with E-state index in [1.54, 1.807) is 18.2 Å². The highest BCUT2D eigenvalue weighted by Gasteiger charge is 2.41. The Morgan fingerprint density at radius 3 is 2.44 bits per heavy atom. The predicted octanol–water partition coefficient (Wildman–Crippen LogP) is 3.56. The highest BCUT2D eigenvalue weighted by molar-refractivity contribution is 7.90. The molecule has 2 saturated heterocycles. The number of carbonyl (C=O) groups is 1. The van der Waals surface area contributed by atoms with Crippen molar-refractivity contribution < 1.29 is 13.2 Å². The molecule has 0 radical (unpaired) electrons. The lowest BCUT2D eigenvalue weighted by atomic mass is 10.0. The van der Waals surface area contributed by atoms with E-state index in [0.717, 1.165) is 55.1 Å². The van der Waals surface area contributed by atoms with Crippen LogP contribution in [0.1, 0.15) is 22.3 Å². The lowest BCUT2D eigenvalue weighted by molar-refractivity contribution is 0.0770. The van der Waals surface area contributed by atoms with Gasteiger partial charge >= 0.3 is 0 Å². The summed E-state index contributed by atoms with van der Waals surface area (Å²) in [6, 6.07) is 12.5. The molecule has 0 saturated carbocycles. The maximum atomic E-state index is 13.0. The molecule has 0 aromatic heterocycles. The lowest BCUT2D eigenvalue weighted by Crippen LogP contribution is -2.34. The van der Waals surface area contributed by atoms with Gasteiger partial charge in [-0.3, -0.25) is 4.79 Å². The van der Waals surface area contributed by atoms with Crippen LogP contribution in [0.2, 0.25) is 5.02 Å². The molecule has 2 fully saturated rings. The van der Waals surface area contributed by atoms with E-state index in [4.69, 9.17) is 11.6 Å². The third-order valence-electron chi connectivity index (χ3n) is 6.52. The van der Waals surface area contributed by atoms with E-state index in [1.807, 2.05) is 24.0 Å². The van der Waals surface area contributed by atoms with Gasteiger partial charge in [-0.1, -0.05) is 29.8 Å². The average molecular weight is 476 g/mol. The SMILES string of the molecule is Cc1ccc(NCCCN2CC3CN(C(=O)c4ccccc4S(C)(=O)=O)CC3C2)cc1Cl. The molecule has 172 valence electrons. The fourth-order valence-corrected chi connectivity index (χ4v) is 5.88. The highest BCUT2D eigenvalue weighted by atomic mass is 35.5. The summed E-state index contributed by atoms with van der Waals surface area (Å²) in [7, 11) is -3.44.